The molecule has 0 aliphatic rings. The van der Waals surface area contributed by atoms with Gasteiger partial charge in [-0.3, -0.25) is 4.98 Å². The molecule has 0 spiro atoms. The first-order valence-electron chi connectivity index (χ1n) is 5.62. The molecule has 0 atom stereocenters. The summed E-state index contributed by atoms with van der Waals surface area (Å²) >= 11 is 0. The summed E-state index contributed by atoms with van der Waals surface area (Å²) in [4.78, 5) is 8.54. The van der Waals surface area contributed by atoms with E-state index in [1.54, 1.807) is 12.4 Å². The smallest absolute Gasteiger partial charge is 0.226 e. The summed E-state index contributed by atoms with van der Waals surface area (Å²) in [5, 5.41) is 0. The third-order valence-electron chi connectivity index (χ3n) is 2.52. The second kappa shape index (κ2) is 4.47. The lowest BCUT2D eigenvalue weighted by atomic mass is 10.1. The van der Waals surface area contributed by atoms with Crippen molar-refractivity contribution in [1.29, 1.82) is 0 Å². The van der Waals surface area contributed by atoms with Crippen LogP contribution in [-0.4, -0.2) is 9.97 Å². The highest BCUT2D eigenvalue weighted by molar-refractivity contribution is 5.52. The fourth-order valence-electron chi connectivity index (χ4n) is 1.69. The van der Waals surface area contributed by atoms with E-state index in [9.17, 15) is 0 Å². The fraction of sp³-hybridized carbons (Fsp3) is 0.385. The van der Waals surface area contributed by atoms with Crippen molar-refractivity contribution in [3.05, 3.63) is 36.0 Å². The van der Waals surface area contributed by atoms with Gasteiger partial charge in [0.2, 0.25) is 5.89 Å². The maximum Gasteiger partial charge on any atom is 0.226 e. The van der Waals surface area contributed by atoms with Crippen molar-refractivity contribution in [2.24, 2.45) is 0 Å². The lowest BCUT2D eigenvalue weighted by molar-refractivity contribution is 0.518. The van der Waals surface area contributed by atoms with Gasteiger partial charge in [-0.2, -0.15) is 0 Å². The molecule has 0 bridgehead atoms. The lowest BCUT2D eigenvalue weighted by Gasteiger charge is -1.99. The third-order valence-corrected chi connectivity index (χ3v) is 2.52. The Hall–Kier alpha value is -1.64. The van der Waals surface area contributed by atoms with Gasteiger partial charge in [0.1, 0.15) is 5.76 Å². The summed E-state index contributed by atoms with van der Waals surface area (Å²) in [6.07, 6.45) is 4.38. The van der Waals surface area contributed by atoms with Gasteiger partial charge in [0, 0.05) is 24.4 Å². The highest BCUT2D eigenvalue weighted by atomic mass is 16.4. The minimum Gasteiger partial charge on any atom is -0.441 e. The largest absolute Gasteiger partial charge is 0.441 e. The molecule has 0 saturated heterocycles. The van der Waals surface area contributed by atoms with Gasteiger partial charge in [-0.15, -0.1) is 0 Å². The molecule has 0 aromatic carbocycles. The van der Waals surface area contributed by atoms with Crippen LogP contribution in [0.4, 0.5) is 0 Å². The monoisotopic (exact) mass is 216 g/mol. The molecule has 0 fully saturated rings. The van der Waals surface area contributed by atoms with Crippen LogP contribution in [0.5, 0.6) is 0 Å². The van der Waals surface area contributed by atoms with E-state index in [1.807, 2.05) is 12.1 Å². The highest BCUT2D eigenvalue weighted by Gasteiger charge is 2.15. The number of pyridine rings is 1. The first-order chi connectivity index (χ1) is 7.72. The Balaban J connectivity index is 2.44. The molecule has 0 N–H and O–H groups in total. The normalized spacial score (nSPS) is 11.0. The van der Waals surface area contributed by atoms with E-state index in [0.29, 0.717) is 11.8 Å². The van der Waals surface area contributed by atoms with Gasteiger partial charge < -0.3 is 4.42 Å². The Morgan fingerprint density at radius 3 is 2.44 bits per heavy atom. The van der Waals surface area contributed by atoms with E-state index in [4.69, 9.17) is 4.42 Å². The molecule has 2 rings (SSSR count). The zero-order valence-corrected chi connectivity index (χ0v) is 9.90. The maximum absolute atomic E-state index is 5.77. The van der Waals surface area contributed by atoms with Gasteiger partial charge >= 0.3 is 0 Å². The molecule has 84 valence electrons. The van der Waals surface area contributed by atoms with Crippen molar-refractivity contribution in [2.75, 3.05) is 0 Å². The summed E-state index contributed by atoms with van der Waals surface area (Å²) in [7, 11) is 0. The van der Waals surface area contributed by atoms with Crippen LogP contribution in [0, 0.1) is 0 Å². The number of rotatable bonds is 3. The molecule has 0 radical (unpaired) electrons. The predicted octanol–water partition coefficient (Wildman–Crippen LogP) is 3.42. The molecule has 2 aromatic rings. The van der Waals surface area contributed by atoms with E-state index < -0.39 is 0 Å². The Labute approximate surface area is 95.5 Å². The van der Waals surface area contributed by atoms with E-state index in [-0.39, 0.29) is 0 Å². The molecule has 0 amide bonds. The Morgan fingerprint density at radius 1 is 1.25 bits per heavy atom. The van der Waals surface area contributed by atoms with Crippen molar-refractivity contribution in [3.8, 4) is 11.5 Å². The first-order valence-corrected chi connectivity index (χ1v) is 5.62. The number of aromatic nitrogens is 2. The van der Waals surface area contributed by atoms with Crippen LogP contribution < -0.4 is 0 Å². The number of aryl methyl sites for hydroxylation is 1. The van der Waals surface area contributed by atoms with E-state index in [0.717, 1.165) is 23.4 Å². The second-order valence-electron chi connectivity index (χ2n) is 4.07. The molecule has 0 saturated carbocycles. The minimum atomic E-state index is 0.397. The second-order valence-corrected chi connectivity index (χ2v) is 4.07. The molecular weight excluding hydrogens is 200 g/mol. The van der Waals surface area contributed by atoms with Gasteiger partial charge in [-0.1, -0.05) is 20.8 Å². The van der Waals surface area contributed by atoms with E-state index >= 15 is 0 Å². The van der Waals surface area contributed by atoms with Crippen molar-refractivity contribution < 1.29 is 4.42 Å². The topological polar surface area (TPSA) is 38.9 Å². The molecule has 2 heterocycles. The summed E-state index contributed by atoms with van der Waals surface area (Å²) < 4.78 is 5.77. The molecule has 16 heavy (non-hydrogen) atoms. The quantitative estimate of drug-likeness (QED) is 0.789. The predicted molar refractivity (Wildman–Crippen MR) is 63.2 cm³/mol. The van der Waals surface area contributed by atoms with Gasteiger partial charge in [-0.25, -0.2) is 4.98 Å². The maximum atomic E-state index is 5.77. The lowest BCUT2D eigenvalue weighted by Crippen LogP contribution is -1.92. The summed E-state index contributed by atoms with van der Waals surface area (Å²) in [6, 6.07) is 3.82. The first kappa shape index (κ1) is 10.9. The van der Waals surface area contributed by atoms with Crippen LogP contribution >= 0.6 is 0 Å². The van der Waals surface area contributed by atoms with Crippen molar-refractivity contribution in [3.63, 3.8) is 0 Å². The molecule has 3 nitrogen and oxygen atoms in total. The van der Waals surface area contributed by atoms with Crippen LogP contribution in [-0.2, 0) is 6.42 Å². The number of nitrogens with zero attached hydrogens (tertiary/aromatic N) is 2. The fourth-order valence-corrected chi connectivity index (χ4v) is 1.69. The van der Waals surface area contributed by atoms with Crippen LogP contribution in [0.25, 0.3) is 11.5 Å². The van der Waals surface area contributed by atoms with Crippen LogP contribution in [0.3, 0.4) is 0 Å². The number of hydrogen-bond donors (Lipinski definition) is 0. The van der Waals surface area contributed by atoms with Crippen LogP contribution in [0.2, 0.25) is 0 Å². The Kier molecular flexibility index (Phi) is 3.04. The molecule has 0 aliphatic carbocycles. The number of hydrogen-bond acceptors (Lipinski definition) is 3. The summed E-state index contributed by atoms with van der Waals surface area (Å²) in [5.74, 6) is 2.08. The average molecular weight is 216 g/mol. The molecular formula is C13H16N2O. The zero-order valence-electron chi connectivity index (χ0n) is 9.90. The van der Waals surface area contributed by atoms with E-state index in [1.165, 1.54) is 0 Å². The Morgan fingerprint density at radius 2 is 1.94 bits per heavy atom. The SMILES string of the molecule is CCc1oc(-c2ccncc2)nc1C(C)C. The van der Waals surface area contributed by atoms with Gasteiger partial charge in [0.15, 0.2) is 0 Å². The molecule has 0 unspecified atom stereocenters. The van der Waals surface area contributed by atoms with Crippen LogP contribution in [0.1, 0.15) is 38.1 Å². The van der Waals surface area contributed by atoms with E-state index in [2.05, 4.69) is 30.7 Å². The van der Waals surface area contributed by atoms with Gasteiger partial charge in [-0.05, 0) is 18.1 Å². The summed E-state index contributed by atoms with van der Waals surface area (Å²) in [6.45, 7) is 6.35. The van der Waals surface area contributed by atoms with Crippen molar-refractivity contribution in [2.45, 2.75) is 33.1 Å². The summed E-state index contributed by atoms with van der Waals surface area (Å²) in [5.41, 5.74) is 2.05. The average Bonchev–Trinajstić information content (AvgIpc) is 2.74. The van der Waals surface area contributed by atoms with Gasteiger partial charge in [0.05, 0.1) is 5.69 Å². The van der Waals surface area contributed by atoms with Crippen molar-refractivity contribution >= 4 is 0 Å². The third kappa shape index (κ3) is 1.98. The standard InChI is InChI=1S/C13H16N2O/c1-4-11-12(9(2)3)15-13(16-11)10-5-7-14-8-6-10/h5-9H,4H2,1-3H3. The van der Waals surface area contributed by atoms with Gasteiger partial charge in [0.25, 0.3) is 0 Å². The molecule has 3 heteroatoms. The van der Waals surface area contributed by atoms with Crippen LogP contribution in [0.15, 0.2) is 28.9 Å². The Bertz CT molecular complexity index is 460. The minimum absolute atomic E-state index is 0.397. The zero-order chi connectivity index (χ0) is 11.5. The number of oxazole rings is 1. The highest BCUT2D eigenvalue weighted by Crippen LogP contribution is 2.26. The molecule has 0 aliphatic heterocycles. The molecule has 2 aromatic heterocycles. The van der Waals surface area contributed by atoms with Crippen molar-refractivity contribution in [1.82, 2.24) is 9.97 Å².